The van der Waals surface area contributed by atoms with E-state index < -0.39 is 17.6 Å². The Balaban J connectivity index is 1.59. The number of methoxy groups -OCH3 is 1. The van der Waals surface area contributed by atoms with Crippen molar-refractivity contribution in [2.75, 3.05) is 20.3 Å². The van der Waals surface area contributed by atoms with E-state index in [4.69, 9.17) is 14.2 Å². The molecule has 1 N–H and O–H groups in total. The zero-order valence-corrected chi connectivity index (χ0v) is 18.0. The Morgan fingerprint density at radius 3 is 2.64 bits per heavy atom. The van der Waals surface area contributed by atoms with Crippen LogP contribution in [-0.2, 0) is 6.18 Å². The predicted octanol–water partition coefficient (Wildman–Crippen LogP) is 4.55. The third-order valence-corrected chi connectivity index (χ3v) is 5.24. The molecule has 10 heteroatoms. The van der Waals surface area contributed by atoms with Crippen LogP contribution in [0.5, 0.6) is 17.2 Å². The summed E-state index contributed by atoms with van der Waals surface area (Å²) in [5, 5.41) is 7.10. The van der Waals surface area contributed by atoms with Crippen LogP contribution >= 0.6 is 0 Å². The Bertz CT molecular complexity index is 1160. The van der Waals surface area contributed by atoms with Crippen molar-refractivity contribution in [2.45, 2.75) is 25.6 Å². The van der Waals surface area contributed by atoms with Crippen molar-refractivity contribution in [1.29, 1.82) is 0 Å². The van der Waals surface area contributed by atoms with Crippen molar-refractivity contribution in [1.82, 2.24) is 15.1 Å². The van der Waals surface area contributed by atoms with Crippen LogP contribution in [0, 0.1) is 0 Å². The summed E-state index contributed by atoms with van der Waals surface area (Å²) in [6.07, 6.45) is -2.54. The Kier molecular flexibility index (Phi) is 6.17. The maximum atomic E-state index is 13.1. The van der Waals surface area contributed by atoms with Gasteiger partial charge in [-0.1, -0.05) is 19.1 Å². The SMILES string of the molecule is CCC(NC(=O)c1nn(-c2cccc(C(F)(F)F)c2)cc1OC)c1ccc2c(c1)OCCO2. The quantitative estimate of drug-likeness (QED) is 0.583. The number of rotatable bonds is 6. The van der Waals surface area contributed by atoms with Crippen molar-refractivity contribution in [3.05, 3.63) is 65.5 Å². The van der Waals surface area contributed by atoms with Gasteiger partial charge in [0.1, 0.15) is 13.2 Å². The normalized spacial score (nSPS) is 14.0. The molecule has 2 heterocycles. The van der Waals surface area contributed by atoms with E-state index in [1.54, 1.807) is 6.07 Å². The van der Waals surface area contributed by atoms with Gasteiger partial charge < -0.3 is 19.5 Å². The molecule has 33 heavy (non-hydrogen) atoms. The van der Waals surface area contributed by atoms with Gasteiger partial charge in [-0.3, -0.25) is 4.79 Å². The van der Waals surface area contributed by atoms with Crippen molar-refractivity contribution in [2.24, 2.45) is 0 Å². The molecule has 0 radical (unpaired) electrons. The van der Waals surface area contributed by atoms with Crippen LogP contribution in [0.1, 0.15) is 41.0 Å². The Labute approximate surface area is 188 Å². The molecule has 1 amide bonds. The molecule has 0 spiro atoms. The first-order chi connectivity index (χ1) is 15.8. The lowest BCUT2D eigenvalue weighted by Gasteiger charge is -2.22. The molecule has 0 bridgehead atoms. The van der Waals surface area contributed by atoms with Gasteiger partial charge in [0.25, 0.3) is 5.91 Å². The van der Waals surface area contributed by atoms with Gasteiger partial charge in [-0.2, -0.15) is 18.3 Å². The summed E-state index contributed by atoms with van der Waals surface area (Å²) in [6, 6.07) is 9.78. The molecule has 3 aromatic rings. The number of nitrogens with one attached hydrogen (secondary N) is 1. The van der Waals surface area contributed by atoms with E-state index in [0.29, 0.717) is 31.1 Å². The minimum atomic E-state index is -4.49. The predicted molar refractivity (Wildman–Crippen MR) is 113 cm³/mol. The van der Waals surface area contributed by atoms with E-state index in [1.807, 2.05) is 19.1 Å². The van der Waals surface area contributed by atoms with Gasteiger partial charge in [-0.15, -0.1) is 0 Å². The first-order valence-electron chi connectivity index (χ1n) is 10.3. The molecule has 1 aliphatic rings. The van der Waals surface area contributed by atoms with Gasteiger partial charge in [-0.25, -0.2) is 4.68 Å². The minimum Gasteiger partial charge on any atom is -0.493 e. The molecular weight excluding hydrogens is 439 g/mol. The smallest absolute Gasteiger partial charge is 0.416 e. The van der Waals surface area contributed by atoms with Gasteiger partial charge in [0.15, 0.2) is 22.9 Å². The second-order valence-electron chi connectivity index (χ2n) is 7.38. The first-order valence-corrected chi connectivity index (χ1v) is 10.3. The number of alkyl halides is 3. The fraction of sp³-hybridized carbons (Fsp3) is 0.304. The van der Waals surface area contributed by atoms with E-state index >= 15 is 0 Å². The molecule has 7 nitrogen and oxygen atoms in total. The Morgan fingerprint density at radius 2 is 1.94 bits per heavy atom. The van der Waals surface area contributed by atoms with E-state index in [-0.39, 0.29) is 23.2 Å². The zero-order valence-electron chi connectivity index (χ0n) is 18.0. The number of ether oxygens (including phenoxy) is 3. The third kappa shape index (κ3) is 4.74. The molecule has 4 rings (SSSR count). The van der Waals surface area contributed by atoms with Crippen LogP contribution in [0.25, 0.3) is 5.69 Å². The number of carbonyl (C=O) groups excluding carboxylic acids is 1. The minimum absolute atomic E-state index is 0.0362. The van der Waals surface area contributed by atoms with Crippen LogP contribution in [0.2, 0.25) is 0 Å². The molecule has 1 atom stereocenters. The van der Waals surface area contributed by atoms with Crippen LogP contribution in [0.3, 0.4) is 0 Å². The van der Waals surface area contributed by atoms with Crippen LogP contribution < -0.4 is 19.5 Å². The van der Waals surface area contributed by atoms with Gasteiger partial charge >= 0.3 is 6.18 Å². The number of amides is 1. The summed E-state index contributed by atoms with van der Waals surface area (Å²) < 4.78 is 56.8. The average molecular weight is 461 g/mol. The van der Waals surface area contributed by atoms with Crippen molar-refractivity contribution in [3.8, 4) is 22.9 Å². The highest BCUT2D eigenvalue weighted by atomic mass is 19.4. The lowest BCUT2D eigenvalue weighted by Crippen LogP contribution is -2.29. The Morgan fingerprint density at radius 1 is 1.18 bits per heavy atom. The number of halogens is 3. The third-order valence-electron chi connectivity index (χ3n) is 5.24. The van der Waals surface area contributed by atoms with Crippen molar-refractivity contribution < 1.29 is 32.2 Å². The number of fused-ring (bicyclic) bond motifs is 1. The molecule has 1 aliphatic heterocycles. The molecule has 1 aromatic heterocycles. The molecule has 1 unspecified atom stereocenters. The topological polar surface area (TPSA) is 74.6 Å². The molecule has 174 valence electrons. The second kappa shape index (κ2) is 9.05. The van der Waals surface area contributed by atoms with E-state index in [0.717, 1.165) is 17.7 Å². The van der Waals surface area contributed by atoms with Gasteiger partial charge in [-0.05, 0) is 42.3 Å². The molecular formula is C23H22F3N3O4. The maximum Gasteiger partial charge on any atom is 0.416 e. The molecule has 0 saturated heterocycles. The van der Waals surface area contributed by atoms with Crippen LogP contribution in [-0.4, -0.2) is 36.0 Å². The highest BCUT2D eigenvalue weighted by Crippen LogP contribution is 2.34. The number of carbonyl (C=O) groups is 1. The lowest BCUT2D eigenvalue weighted by atomic mass is 10.0. The van der Waals surface area contributed by atoms with E-state index in [9.17, 15) is 18.0 Å². The standard InChI is InChI=1S/C23H22F3N3O4/c1-3-17(14-7-8-18-19(11-14)33-10-9-32-18)27-22(30)21-20(31-2)13-29(28-21)16-6-4-5-15(12-16)23(24,25)26/h4-8,11-13,17H,3,9-10H2,1-2H3,(H,27,30). The fourth-order valence-corrected chi connectivity index (χ4v) is 3.55. The van der Waals surface area contributed by atoms with E-state index in [1.165, 1.54) is 30.1 Å². The summed E-state index contributed by atoms with van der Waals surface area (Å²) in [6.45, 7) is 2.85. The Hall–Kier alpha value is -3.69. The number of aromatic nitrogens is 2. The van der Waals surface area contributed by atoms with Crippen molar-refractivity contribution >= 4 is 5.91 Å². The average Bonchev–Trinajstić information content (AvgIpc) is 3.26. The molecule has 0 saturated carbocycles. The summed E-state index contributed by atoms with van der Waals surface area (Å²) in [5.41, 5.74) is 0.128. The number of hydrogen-bond acceptors (Lipinski definition) is 5. The first kappa shape index (κ1) is 22.5. The summed E-state index contributed by atoms with van der Waals surface area (Å²) in [4.78, 5) is 13.0. The van der Waals surface area contributed by atoms with Gasteiger partial charge in [0, 0.05) is 0 Å². The molecule has 0 aliphatic carbocycles. The summed E-state index contributed by atoms with van der Waals surface area (Å²) in [5.74, 6) is 0.881. The highest BCUT2D eigenvalue weighted by Gasteiger charge is 2.31. The maximum absolute atomic E-state index is 13.1. The highest BCUT2D eigenvalue weighted by molar-refractivity contribution is 5.95. The number of nitrogens with zero attached hydrogens (tertiary/aromatic N) is 2. The number of hydrogen-bond donors (Lipinski definition) is 1. The number of benzene rings is 2. The van der Waals surface area contributed by atoms with E-state index in [2.05, 4.69) is 10.4 Å². The molecule has 0 fully saturated rings. The molecule has 2 aromatic carbocycles. The largest absolute Gasteiger partial charge is 0.493 e. The summed E-state index contributed by atoms with van der Waals surface area (Å²) >= 11 is 0. The van der Waals surface area contributed by atoms with Crippen molar-refractivity contribution in [3.63, 3.8) is 0 Å². The monoisotopic (exact) mass is 461 g/mol. The second-order valence-corrected chi connectivity index (χ2v) is 7.38. The van der Waals surface area contributed by atoms with Crippen LogP contribution in [0.15, 0.2) is 48.7 Å². The fourth-order valence-electron chi connectivity index (χ4n) is 3.55. The van der Waals surface area contributed by atoms with Crippen LogP contribution in [0.4, 0.5) is 13.2 Å². The zero-order chi connectivity index (χ0) is 23.6. The summed E-state index contributed by atoms with van der Waals surface area (Å²) in [7, 11) is 1.36. The lowest BCUT2D eigenvalue weighted by molar-refractivity contribution is -0.137. The van der Waals surface area contributed by atoms with Gasteiger partial charge in [0.05, 0.1) is 30.6 Å². The van der Waals surface area contributed by atoms with Gasteiger partial charge in [0.2, 0.25) is 0 Å².